The second-order valence-corrected chi connectivity index (χ2v) is 6.98. The summed E-state index contributed by atoms with van der Waals surface area (Å²) in [5, 5.41) is 0. The van der Waals surface area contributed by atoms with Gasteiger partial charge in [-0.05, 0) is 38.1 Å². The normalized spacial score (nSPS) is 17.7. The van der Waals surface area contributed by atoms with Crippen molar-refractivity contribution in [1.82, 2.24) is 19.8 Å². The van der Waals surface area contributed by atoms with E-state index in [1.165, 1.54) is 12.1 Å². The van der Waals surface area contributed by atoms with E-state index in [1.807, 2.05) is 14.0 Å². The Kier molecular flexibility index (Phi) is 6.41. The first-order chi connectivity index (χ1) is 13.5. The van der Waals surface area contributed by atoms with Gasteiger partial charge in [-0.2, -0.15) is 0 Å². The number of carbonyl (C=O) groups excluding carboxylic acids is 1. The van der Waals surface area contributed by atoms with Crippen LogP contribution in [0.15, 0.2) is 36.5 Å². The summed E-state index contributed by atoms with van der Waals surface area (Å²) >= 11 is 0. The smallest absolute Gasteiger partial charge is 0.263 e. The molecule has 1 fully saturated rings. The molecular weight excluding hydrogens is 361 g/mol. The molecule has 0 aliphatic carbocycles. The van der Waals surface area contributed by atoms with E-state index in [9.17, 15) is 9.18 Å². The SMILES string of the molecule is CCC(Oc1ccccc1F)C(=O)N1CCC(N(C)Cc2nccc(N)n2)C1. The molecule has 1 aliphatic rings. The summed E-state index contributed by atoms with van der Waals surface area (Å²) in [7, 11) is 1.98. The van der Waals surface area contributed by atoms with Crippen molar-refractivity contribution >= 4 is 11.7 Å². The third kappa shape index (κ3) is 4.75. The van der Waals surface area contributed by atoms with Crippen LogP contribution in [0.1, 0.15) is 25.6 Å². The minimum atomic E-state index is -0.696. The van der Waals surface area contributed by atoms with Crippen LogP contribution < -0.4 is 10.5 Å². The molecule has 8 heteroatoms. The second kappa shape index (κ2) is 8.97. The quantitative estimate of drug-likeness (QED) is 0.783. The highest BCUT2D eigenvalue weighted by molar-refractivity contribution is 5.81. The Bertz CT molecular complexity index is 819. The molecule has 1 amide bonds. The third-order valence-corrected chi connectivity index (χ3v) is 4.97. The summed E-state index contributed by atoms with van der Waals surface area (Å²) < 4.78 is 19.5. The summed E-state index contributed by atoms with van der Waals surface area (Å²) in [5.74, 6) is 0.630. The van der Waals surface area contributed by atoms with E-state index in [0.29, 0.717) is 37.7 Å². The Hall–Kier alpha value is -2.74. The summed E-state index contributed by atoms with van der Waals surface area (Å²) in [4.78, 5) is 25.3. The van der Waals surface area contributed by atoms with Gasteiger partial charge in [-0.15, -0.1) is 0 Å². The summed E-state index contributed by atoms with van der Waals surface area (Å²) in [6, 6.07) is 7.99. The third-order valence-electron chi connectivity index (χ3n) is 4.97. The Labute approximate surface area is 164 Å². The molecule has 150 valence electrons. The van der Waals surface area contributed by atoms with Gasteiger partial charge in [-0.3, -0.25) is 9.69 Å². The molecule has 0 radical (unpaired) electrons. The van der Waals surface area contributed by atoms with Crippen LogP contribution in [-0.4, -0.2) is 58.0 Å². The molecule has 1 aromatic carbocycles. The van der Waals surface area contributed by atoms with Crippen molar-refractivity contribution in [2.24, 2.45) is 0 Å². The molecule has 0 saturated carbocycles. The molecule has 1 saturated heterocycles. The first kappa shape index (κ1) is 20.0. The highest BCUT2D eigenvalue weighted by Gasteiger charge is 2.33. The van der Waals surface area contributed by atoms with Crippen molar-refractivity contribution in [2.45, 2.75) is 38.5 Å². The number of ether oxygens (including phenoxy) is 1. The number of hydrogen-bond acceptors (Lipinski definition) is 6. The number of nitrogens with zero attached hydrogens (tertiary/aromatic N) is 4. The second-order valence-electron chi connectivity index (χ2n) is 6.98. The van der Waals surface area contributed by atoms with Crippen molar-refractivity contribution in [3.63, 3.8) is 0 Å². The van der Waals surface area contributed by atoms with E-state index < -0.39 is 11.9 Å². The maximum Gasteiger partial charge on any atom is 0.263 e. The number of hydrogen-bond donors (Lipinski definition) is 1. The van der Waals surface area contributed by atoms with Gasteiger partial charge in [-0.1, -0.05) is 19.1 Å². The van der Waals surface area contributed by atoms with Crippen molar-refractivity contribution in [3.05, 3.63) is 48.2 Å². The lowest BCUT2D eigenvalue weighted by Gasteiger charge is -2.26. The van der Waals surface area contributed by atoms with Crippen LogP contribution in [0.5, 0.6) is 5.75 Å². The van der Waals surface area contributed by atoms with Crippen LogP contribution in [0.2, 0.25) is 0 Å². The zero-order valence-electron chi connectivity index (χ0n) is 16.2. The van der Waals surface area contributed by atoms with E-state index in [0.717, 1.165) is 6.42 Å². The molecule has 3 rings (SSSR count). The molecule has 0 spiro atoms. The maximum absolute atomic E-state index is 13.9. The van der Waals surface area contributed by atoms with Gasteiger partial charge in [-0.25, -0.2) is 14.4 Å². The van der Waals surface area contributed by atoms with Crippen LogP contribution in [0.25, 0.3) is 0 Å². The van der Waals surface area contributed by atoms with E-state index in [-0.39, 0.29) is 17.7 Å². The summed E-state index contributed by atoms with van der Waals surface area (Å²) in [5.41, 5.74) is 5.71. The minimum Gasteiger partial charge on any atom is -0.478 e. The molecule has 2 heterocycles. The molecule has 2 atom stereocenters. The number of amides is 1. The number of likely N-dealkylation sites (tertiary alicyclic amines) is 1. The van der Waals surface area contributed by atoms with Crippen molar-refractivity contribution in [2.75, 3.05) is 25.9 Å². The first-order valence-corrected chi connectivity index (χ1v) is 9.45. The average Bonchev–Trinajstić information content (AvgIpc) is 3.17. The van der Waals surface area contributed by atoms with Gasteiger partial charge in [0.05, 0.1) is 6.54 Å². The Morgan fingerprint density at radius 1 is 1.43 bits per heavy atom. The largest absolute Gasteiger partial charge is 0.478 e. The van der Waals surface area contributed by atoms with Gasteiger partial charge in [0.15, 0.2) is 17.7 Å². The van der Waals surface area contributed by atoms with E-state index in [1.54, 1.807) is 29.3 Å². The van der Waals surface area contributed by atoms with Gasteiger partial charge in [0.1, 0.15) is 11.6 Å². The lowest BCUT2D eigenvalue weighted by Crippen LogP contribution is -2.42. The van der Waals surface area contributed by atoms with E-state index >= 15 is 0 Å². The molecule has 2 unspecified atom stereocenters. The fourth-order valence-electron chi connectivity index (χ4n) is 3.35. The fraction of sp³-hybridized carbons (Fsp3) is 0.450. The Morgan fingerprint density at radius 2 is 2.21 bits per heavy atom. The van der Waals surface area contributed by atoms with Gasteiger partial charge >= 0.3 is 0 Å². The molecule has 1 aromatic heterocycles. The van der Waals surface area contributed by atoms with Crippen LogP contribution in [0.4, 0.5) is 10.2 Å². The monoisotopic (exact) mass is 387 g/mol. The minimum absolute atomic E-state index is 0.106. The number of anilines is 1. The Balaban J connectivity index is 1.58. The predicted octanol–water partition coefficient (Wildman–Crippen LogP) is 2.09. The number of nitrogen functional groups attached to an aromatic ring is 1. The van der Waals surface area contributed by atoms with Crippen LogP contribution >= 0.6 is 0 Å². The number of halogens is 1. The van der Waals surface area contributed by atoms with Gasteiger partial charge in [0.2, 0.25) is 0 Å². The van der Waals surface area contributed by atoms with Crippen LogP contribution in [-0.2, 0) is 11.3 Å². The molecule has 1 aliphatic heterocycles. The lowest BCUT2D eigenvalue weighted by molar-refractivity contribution is -0.138. The number of nitrogens with two attached hydrogens (primary N) is 1. The van der Waals surface area contributed by atoms with Gasteiger partial charge < -0.3 is 15.4 Å². The van der Waals surface area contributed by atoms with Crippen LogP contribution in [0, 0.1) is 5.82 Å². The van der Waals surface area contributed by atoms with E-state index in [4.69, 9.17) is 10.5 Å². The highest BCUT2D eigenvalue weighted by Crippen LogP contribution is 2.22. The summed E-state index contributed by atoms with van der Waals surface area (Å²) in [6.07, 6.45) is 2.27. The topological polar surface area (TPSA) is 84.6 Å². The number of aromatic nitrogens is 2. The number of para-hydroxylation sites is 1. The zero-order chi connectivity index (χ0) is 20.1. The standard InChI is InChI=1S/C20H26FN5O2/c1-3-16(28-17-7-5-4-6-15(17)21)20(27)26-11-9-14(12-26)25(2)13-19-23-10-8-18(22)24-19/h4-8,10,14,16H,3,9,11-13H2,1-2H3,(H2,22,23,24). The zero-order valence-corrected chi connectivity index (χ0v) is 16.2. The molecular formula is C20H26FN5O2. The highest BCUT2D eigenvalue weighted by atomic mass is 19.1. The molecule has 0 bridgehead atoms. The van der Waals surface area contributed by atoms with Gasteiger partial charge in [0, 0.05) is 25.3 Å². The Morgan fingerprint density at radius 3 is 2.93 bits per heavy atom. The van der Waals surface area contributed by atoms with Crippen molar-refractivity contribution in [3.8, 4) is 5.75 Å². The van der Waals surface area contributed by atoms with Crippen molar-refractivity contribution < 1.29 is 13.9 Å². The van der Waals surface area contributed by atoms with Crippen LogP contribution in [0.3, 0.4) is 0 Å². The fourth-order valence-corrected chi connectivity index (χ4v) is 3.35. The molecule has 2 N–H and O–H groups in total. The predicted molar refractivity (Wildman–Crippen MR) is 104 cm³/mol. The van der Waals surface area contributed by atoms with Crippen molar-refractivity contribution in [1.29, 1.82) is 0 Å². The van der Waals surface area contributed by atoms with E-state index in [2.05, 4.69) is 14.9 Å². The number of carbonyl (C=O) groups is 1. The number of likely N-dealkylation sites (N-methyl/N-ethyl adjacent to an activating group) is 1. The maximum atomic E-state index is 13.9. The molecule has 7 nitrogen and oxygen atoms in total. The average molecular weight is 387 g/mol. The number of rotatable bonds is 7. The van der Waals surface area contributed by atoms with Gasteiger partial charge in [0.25, 0.3) is 5.91 Å². The molecule has 2 aromatic rings. The molecule has 28 heavy (non-hydrogen) atoms. The number of benzene rings is 1. The summed E-state index contributed by atoms with van der Waals surface area (Å²) in [6.45, 7) is 3.65. The lowest BCUT2D eigenvalue weighted by atomic mass is 10.2. The first-order valence-electron chi connectivity index (χ1n) is 9.45.